The molecule has 2 aromatic carbocycles. The summed E-state index contributed by atoms with van der Waals surface area (Å²) in [5.41, 5.74) is 3.12. The number of aromatic hydroxyl groups is 1. The van der Waals surface area contributed by atoms with Gasteiger partial charge in [0.2, 0.25) is 0 Å². The van der Waals surface area contributed by atoms with Crippen molar-refractivity contribution in [2.75, 3.05) is 13.7 Å². The van der Waals surface area contributed by atoms with E-state index in [9.17, 15) is 4.79 Å². The Morgan fingerprint density at radius 2 is 1.77 bits per heavy atom. The van der Waals surface area contributed by atoms with E-state index in [0.29, 0.717) is 5.75 Å². The SMILES string of the molecule is COc1ccc(OCC(=O)N/N=C/c2ccc(O)cc2)cc1. The molecule has 0 saturated heterocycles. The predicted octanol–water partition coefficient (Wildman–Crippen LogP) is 1.93. The zero-order chi connectivity index (χ0) is 15.8. The van der Waals surface area contributed by atoms with Gasteiger partial charge in [-0.15, -0.1) is 0 Å². The molecule has 2 aromatic rings. The minimum absolute atomic E-state index is 0.140. The predicted molar refractivity (Wildman–Crippen MR) is 82.3 cm³/mol. The van der Waals surface area contributed by atoms with Crippen LogP contribution in [0.25, 0.3) is 0 Å². The van der Waals surface area contributed by atoms with Gasteiger partial charge in [-0.1, -0.05) is 0 Å². The first-order chi connectivity index (χ1) is 10.7. The molecule has 0 unspecified atom stereocenters. The van der Waals surface area contributed by atoms with Crippen LogP contribution in [0.4, 0.5) is 0 Å². The molecule has 1 amide bonds. The zero-order valence-electron chi connectivity index (χ0n) is 12.0. The highest BCUT2D eigenvalue weighted by Crippen LogP contribution is 2.16. The van der Waals surface area contributed by atoms with E-state index in [2.05, 4.69) is 10.5 Å². The Kier molecular flexibility index (Phi) is 5.37. The standard InChI is InChI=1S/C16H16N2O4/c1-21-14-6-8-15(9-7-14)22-11-16(20)18-17-10-12-2-4-13(19)5-3-12/h2-10,19H,11H2,1H3,(H,18,20)/b17-10+. The van der Waals surface area contributed by atoms with Gasteiger partial charge >= 0.3 is 0 Å². The van der Waals surface area contributed by atoms with Crippen LogP contribution in [0.15, 0.2) is 53.6 Å². The summed E-state index contributed by atoms with van der Waals surface area (Å²) in [5.74, 6) is 1.09. The van der Waals surface area contributed by atoms with Crippen LogP contribution in [0, 0.1) is 0 Å². The molecule has 0 aliphatic heterocycles. The van der Waals surface area contributed by atoms with Gasteiger partial charge in [0.05, 0.1) is 13.3 Å². The van der Waals surface area contributed by atoms with Gasteiger partial charge in [0.1, 0.15) is 17.2 Å². The second kappa shape index (κ2) is 7.68. The normalized spacial score (nSPS) is 10.4. The van der Waals surface area contributed by atoms with Crippen molar-refractivity contribution in [1.82, 2.24) is 5.43 Å². The van der Waals surface area contributed by atoms with Crippen molar-refractivity contribution in [3.8, 4) is 17.2 Å². The van der Waals surface area contributed by atoms with Gasteiger partial charge in [0, 0.05) is 0 Å². The van der Waals surface area contributed by atoms with Crippen LogP contribution in [0.1, 0.15) is 5.56 Å². The van der Waals surface area contributed by atoms with Crippen molar-refractivity contribution in [2.24, 2.45) is 5.10 Å². The van der Waals surface area contributed by atoms with E-state index >= 15 is 0 Å². The number of carbonyl (C=O) groups is 1. The molecule has 22 heavy (non-hydrogen) atoms. The maximum Gasteiger partial charge on any atom is 0.277 e. The molecule has 0 aliphatic carbocycles. The Bertz CT molecular complexity index is 636. The van der Waals surface area contributed by atoms with E-state index in [0.717, 1.165) is 11.3 Å². The number of methoxy groups -OCH3 is 1. The van der Waals surface area contributed by atoms with Crippen molar-refractivity contribution < 1.29 is 19.4 Å². The number of carbonyl (C=O) groups excluding carboxylic acids is 1. The first-order valence-electron chi connectivity index (χ1n) is 6.55. The van der Waals surface area contributed by atoms with Gasteiger partial charge in [-0.3, -0.25) is 4.79 Å². The van der Waals surface area contributed by atoms with Gasteiger partial charge in [0.15, 0.2) is 6.61 Å². The molecular formula is C16H16N2O4. The van der Waals surface area contributed by atoms with E-state index in [1.165, 1.54) is 18.3 Å². The number of nitrogens with one attached hydrogen (secondary N) is 1. The average molecular weight is 300 g/mol. The molecule has 0 aliphatic rings. The Morgan fingerprint density at radius 1 is 1.14 bits per heavy atom. The molecule has 0 aromatic heterocycles. The second-order valence-corrected chi connectivity index (χ2v) is 4.35. The third-order valence-corrected chi connectivity index (χ3v) is 2.73. The van der Waals surface area contributed by atoms with Crippen LogP contribution in [-0.4, -0.2) is 30.9 Å². The molecule has 0 atom stereocenters. The van der Waals surface area contributed by atoms with Crippen LogP contribution in [-0.2, 0) is 4.79 Å². The van der Waals surface area contributed by atoms with Crippen LogP contribution in [0.5, 0.6) is 17.2 Å². The molecule has 114 valence electrons. The number of nitrogens with zero attached hydrogens (tertiary/aromatic N) is 1. The molecule has 0 spiro atoms. The monoisotopic (exact) mass is 300 g/mol. The lowest BCUT2D eigenvalue weighted by Crippen LogP contribution is -2.24. The number of ether oxygens (including phenoxy) is 2. The van der Waals surface area contributed by atoms with Gasteiger partial charge < -0.3 is 14.6 Å². The van der Waals surface area contributed by atoms with E-state index in [-0.39, 0.29) is 18.3 Å². The highest BCUT2D eigenvalue weighted by atomic mass is 16.5. The van der Waals surface area contributed by atoms with Crippen molar-refractivity contribution in [3.05, 3.63) is 54.1 Å². The third kappa shape index (κ3) is 4.82. The van der Waals surface area contributed by atoms with E-state index in [4.69, 9.17) is 14.6 Å². The quantitative estimate of drug-likeness (QED) is 0.631. The number of benzene rings is 2. The molecular weight excluding hydrogens is 284 g/mol. The Labute approximate surface area is 128 Å². The van der Waals surface area contributed by atoms with E-state index in [1.54, 1.807) is 43.5 Å². The fraction of sp³-hybridized carbons (Fsp3) is 0.125. The van der Waals surface area contributed by atoms with E-state index < -0.39 is 0 Å². The molecule has 0 bridgehead atoms. The summed E-state index contributed by atoms with van der Waals surface area (Å²) in [5, 5.41) is 12.9. The molecule has 2 rings (SSSR count). The van der Waals surface area contributed by atoms with Crippen LogP contribution in [0.3, 0.4) is 0 Å². The molecule has 0 heterocycles. The fourth-order valence-corrected chi connectivity index (χ4v) is 1.59. The molecule has 2 N–H and O–H groups in total. The summed E-state index contributed by atoms with van der Waals surface area (Å²) in [7, 11) is 1.58. The third-order valence-electron chi connectivity index (χ3n) is 2.73. The number of phenolic OH excluding ortho intramolecular Hbond substituents is 1. The van der Waals surface area contributed by atoms with Gasteiger partial charge in [-0.05, 0) is 54.1 Å². The number of hydrazone groups is 1. The van der Waals surface area contributed by atoms with Gasteiger partial charge in [-0.2, -0.15) is 5.10 Å². The number of hydrogen-bond acceptors (Lipinski definition) is 5. The summed E-state index contributed by atoms with van der Waals surface area (Å²) in [6.45, 7) is -0.140. The number of amides is 1. The molecule has 6 heteroatoms. The molecule has 0 saturated carbocycles. The smallest absolute Gasteiger partial charge is 0.277 e. The molecule has 0 fully saturated rings. The summed E-state index contributed by atoms with van der Waals surface area (Å²) in [6, 6.07) is 13.4. The van der Waals surface area contributed by atoms with Crippen LogP contribution in [0.2, 0.25) is 0 Å². The van der Waals surface area contributed by atoms with Crippen molar-refractivity contribution in [2.45, 2.75) is 0 Å². The Hall–Kier alpha value is -3.02. The van der Waals surface area contributed by atoms with Gasteiger partial charge in [0.25, 0.3) is 5.91 Å². The van der Waals surface area contributed by atoms with Crippen LogP contribution < -0.4 is 14.9 Å². The maximum atomic E-state index is 11.6. The van der Waals surface area contributed by atoms with Crippen molar-refractivity contribution in [3.63, 3.8) is 0 Å². The zero-order valence-corrected chi connectivity index (χ0v) is 12.0. The van der Waals surface area contributed by atoms with Crippen molar-refractivity contribution in [1.29, 1.82) is 0 Å². The number of phenols is 1. The lowest BCUT2D eigenvalue weighted by atomic mass is 10.2. The highest BCUT2D eigenvalue weighted by Gasteiger charge is 2.01. The van der Waals surface area contributed by atoms with Crippen LogP contribution >= 0.6 is 0 Å². The number of hydrogen-bond donors (Lipinski definition) is 2. The van der Waals surface area contributed by atoms with Gasteiger partial charge in [-0.25, -0.2) is 5.43 Å². The molecule has 6 nitrogen and oxygen atoms in total. The highest BCUT2D eigenvalue weighted by molar-refractivity contribution is 5.83. The first kappa shape index (κ1) is 15.4. The average Bonchev–Trinajstić information content (AvgIpc) is 2.55. The lowest BCUT2D eigenvalue weighted by Gasteiger charge is -2.05. The fourth-order valence-electron chi connectivity index (χ4n) is 1.59. The summed E-state index contributed by atoms with van der Waals surface area (Å²) >= 11 is 0. The van der Waals surface area contributed by atoms with E-state index in [1.807, 2.05) is 0 Å². The Balaban J connectivity index is 1.76. The second-order valence-electron chi connectivity index (χ2n) is 4.35. The minimum Gasteiger partial charge on any atom is -0.508 e. The molecule has 0 radical (unpaired) electrons. The summed E-state index contributed by atoms with van der Waals surface area (Å²) in [6.07, 6.45) is 1.48. The number of rotatable bonds is 6. The largest absolute Gasteiger partial charge is 0.508 e. The first-order valence-corrected chi connectivity index (χ1v) is 6.55. The lowest BCUT2D eigenvalue weighted by molar-refractivity contribution is -0.123. The topological polar surface area (TPSA) is 80.2 Å². The maximum absolute atomic E-state index is 11.6. The summed E-state index contributed by atoms with van der Waals surface area (Å²) in [4.78, 5) is 11.6. The Morgan fingerprint density at radius 3 is 2.41 bits per heavy atom. The minimum atomic E-state index is -0.370. The van der Waals surface area contributed by atoms with Crippen molar-refractivity contribution >= 4 is 12.1 Å². The summed E-state index contributed by atoms with van der Waals surface area (Å²) < 4.78 is 10.3.